The minimum Gasteiger partial charge on any atom is -0.312 e. The predicted octanol–water partition coefficient (Wildman–Crippen LogP) is 9.95. The second kappa shape index (κ2) is 16.0. The van der Waals surface area contributed by atoms with Gasteiger partial charge < -0.3 is 9.80 Å². The number of anilines is 2. The minimum absolute atomic E-state index is 0.0103. The highest BCUT2D eigenvalue weighted by Gasteiger charge is 2.29. The van der Waals surface area contributed by atoms with Crippen LogP contribution in [0.4, 0.5) is 11.4 Å². The predicted molar refractivity (Wildman–Crippen MR) is 236 cm³/mol. The van der Waals surface area contributed by atoms with Gasteiger partial charge in [0.2, 0.25) is 11.8 Å². The molecular weight excluding hydrogens is 771 g/mol. The Balaban J connectivity index is 0.000000177. The number of hydrogen-bond acceptors (Lipinski definition) is 6. The van der Waals surface area contributed by atoms with Gasteiger partial charge in [-0.15, -0.1) is 0 Å². The van der Waals surface area contributed by atoms with Gasteiger partial charge >= 0.3 is 0 Å². The molecule has 12 heteroatoms. The lowest BCUT2D eigenvalue weighted by Crippen LogP contribution is -2.35. The molecule has 2 aliphatic heterocycles. The van der Waals surface area contributed by atoms with Crippen LogP contribution in [0.2, 0.25) is 10.0 Å². The molecule has 2 amide bonds. The summed E-state index contributed by atoms with van der Waals surface area (Å²) in [6, 6.07) is 21.7. The third-order valence-electron chi connectivity index (χ3n) is 10.9. The number of fused-ring (bicyclic) bond motifs is 6. The van der Waals surface area contributed by atoms with Crippen molar-refractivity contribution in [1.29, 1.82) is 0 Å². The SMILES string of the molecule is CC(=O)N1CC=C(C)c2c1ccc1c(=O)n(-c3ccc(Cl)cc3)c(C(C)C)nc21.CC(=O)N1CCC(C)c2c1ccc1c(=O)n(-c3ccc(Cl)cc3)c(C(C)C)nc21. The van der Waals surface area contributed by atoms with E-state index in [1.807, 2.05) is 77.1 Å². The molecule has 2 aliphatic rings. The molecule has 8 rings (SSSR count). The molecule has 6 aromatic rings. The molecule has 58 heavy (non-hydrogen) atoms. The largest absolute Gasteiger partial charge is 0.312 e. The summed E-state index contributed by atoms with van der Waals surface area (Å²) >= 11 is 12.1. The van der Waals surface area contributed by atoms with Gasteiger partial charge in [-0.25, -0.2) is 9.97 Å². The summed E-state index contributed by atoms with van der Waals surface area (Å²) in [6.07, 6.45) is 2.86. The van der Waals surface area contributed by atoms with E-state index in [4.69, 9.17) is 33.2 Å². The Morgan fingerprint density at radius 3 is 1.62 bits per heavy atom. The topological polar surface area (TPSA) is 110 Å². The van der Waals surface area contributed by atoms with Crippen molar-refractivity contribution in [3.8, 4) is 11.4 Å². The second-order valence-corrected chi connectivity index (χ2v) is 16.5. The van der Waals surface area contributed by atoms with Crippen LogP contribution in [0.25, 0.3) is 38.8 Å². The molecule has 0 radical (unpaired) electrons. The zero-order valence-electron chi connectivity index (χ0n) is 33.9. The first-order valence-electron chi connectivity index (χ1n) is 19.5. The minimum atomic E-state index is -0.128. The number of amides is 2. The molecule has 10 nitrogen and oxygen atoms in total. The average Bonchev–Trinajstić information content (AvgIpc) is 3.18. The highest BCUT2D eigenvalue weighted by atomic mass is 35.5. The number of rotatable bonds is 4. The van der Waals surface area contributed by atoms with Crippen LogP contribution in [0.3, 0.4) is 0 Å². The molecule has 0 fully saturated rings. The first-order chi connectivity index (χ1) is 27.6. The van der Waals surface area contributed by atoms with Crippen LogP contribution in [-0.4, -0.2) is 44.0 Å². The maximum absolute atomic E-state index is 13.6. The lowest BCUT2D eigenvalue weighted by molar-refractivity contribution is -0.117. The van der Waals surface area contributed by atoms with E-state index in [2.05, 4.69) is 6.92 Å². The Labute approximate surface area is 347 Å². The van der Waals surface area contributed by atoms with E-state index in [-0.39, 0.29) is 40.7 Å². The Kier molecular flexibility index (Phi) is 11.2. The summed E-state index contributed by atoms with van der Waals surface area (Å²) in [5.41, 5.74) is 7.13. The number of aromatic nitrogens is 4. The Morgan fingerprint density at radius 1 is 0.672 bits per heavy atom. The number of hydrogen-bond donors (Lipinski definition) is 0. The summed E-state index contributed by atoms with van der Waals surface area (Å²) in [5.74, 6) is 1.64. The Hall–Kier alpha value is -5.58. The van der Waals surface area contributed by atoms with Gasteiger partial charge in [0.05, 0.1) is 38.9 Å². The van der Waals surface area contributed by atoms with Gasteiger partial charge in [0.1, 0.15) is 11.6 Å². The van der Waals surface area contributed by atoms with Crippen LogP contribution in [0.1, 0.15) is 102 Å². The van der Waals surface area contributed by atoms with Crippen LogP contribution >= 0.6 is 23.2 Å². The monoisotopic (exact) mass is 816 g/mol. The molecule has 4 heterocycles. The number of halogens is 2. The van der Waals surface area contributed by atoms with Gasteiger partial charge in [0.25, 0.3) is 11.1 Å². The molecule has 0 N–H and O–H groups in total. The zero-order valence-corrected chi connectivity index (χ0v) is 35.4. The van der Waals surface area contributed by atoms with Crippen molar-refractivity contribution in [2.45, 2.75) is 79.6 Å². The molecule has 298 valence electrons. The first-order valence-corrected chi connectivity index (χ1v) is 20.3. The van der Waals surface area contributed by atoms with Crippen molar-refractivity contribution < 1.29 is 9.59 Å². The summed E-state index contributed by atoms with van der Waals surface area (Å²) in [4.78, 5) is 64.8. The molecular formula is C46H46Cl2N6O4. The van der Waals surface area contributed by atoms with Gasteiger partial charge in [0, 0.05) is 65.6 Å². The van der Waals surface area contributed by atoms with Crippen LogP contribution in [0, 0.1) is 0 Å². The first kappa shape index (κ1) is 40.6. The molecule has 1 unspecified atom stereocenters. The molecule has 0 spiro atoms. The van der Waals surface area contributed by atoms with Crippen LogP contribution in [0.15, 0.2) is 88.5 Å². The second-order valence-electron chi connectivity index (χ2n) is 15.6. The number of carbonyl (C=O) groups is 2. The van der Waals surface area contributed by atoms with E-state index in [1.54, 1.807) is 69.2 Å². The van der Waals surface area contributed by atoms with Crippen molar-refractivity contribution in [3.05, 3.63) is 132 Å². The molecule has 2 aromatic heterocycles. The van der Waals surface area contributed by atoms with Crippen LogP contribution < -0.4 is 20.9 Å². The van der Waals surface area contributed by atoms with Gasteiger partial charge in [0.15, 0.2) is 0 Å². The molecule has 4 aromatic carbocycles. The fourth-order valence-corrected chi connectivity index (χ4v) is 8.22. The van der Waals surface area contributed by atoms with Gasteiger partial charge in [-0.05, 0) is 97.6 Å². The van der Waals surface area contributed by atoms with Crippen molar-refractivity contribution in [3.63, 3.8) is 0 Å². The summed E-state index contributed by atoms with van der Waals surface area (Å²) < 4.78 is 3.33. The molecule has 0 bridgehead atoms. The lowest BCUT2D eigenvalue weighted by atomic mass is 9.89. The van der Waals surface area contributed by atoms with E-state index >= 15 is 0 Å². The normalized spacial score (nSPS) is 15.0. The molecule has 0 aliphatic carbocycles. The summed E-state index contributed by atoms with van der Waals surface area (Å²) in [7, 11) is 0. The van der Waals surface area contributed by atoms with Gasteiger partial charge in [-0.3, -0.25) is 28.3 Å². The molecule has 1 atom stereocenters. The third kappa shape index (κ3) is 7.24. The fourth-order valence-electron chi connectivity index (χ4n) is 7.97. The highest BCUT2D eigenvalue weighted by Crippen LogP contribution is 2.40. The summed E-state index contributed by atoms with van der Waals surface area (Å²) in [6.45, 7) is 16.6. The summed E-state index contributed by atoms with van der Waals surface area (Å²) in [5, 5.41) is 2.33. The maximum atomic E-state index is 13.6. The molecule has 0 saturated carbocycles. The maximum Gasteiger partial charge on any atom is 0.266 e. The van der Waals surface area contributed by atoms with Gasteiger partial charge in [-0.2, -0.15) is 0 Å². The van der Waals surface area contributed by atoms with Crippen LogP contribution in [0.5, 0.6) is 0 Å². The fraction of sp³-hybridized carbons (Fsp3) is 0.304. The standard InChI is InChI=1S/C23H24ClN3O2.C23H22ClN3O2/c2*1-13(2)22-25-21-18(23(29)27(22)17-7-5-16(24)6-8-17)9-10-19-20(21)14(3)11-12-26(19)15(4)28/h5-10,13-14H,11-12H2,1-4H3;5-11,13H,12H2,1-4H3. The van der Waals surface area contributed by atoms with Crippen molar-refractivity contribution in [1.82, 2.24) is 19.1 Å². The van der Waals surface area contributed by atoms with Crippen molar-refractivity contribution >= 4 is 73.8 Å². The van der Waals surface area contributed by atoms with E-state index in [0.29, 0.717) is 56.6 Å². The average molecular weight is 818 g/mol. The number of nitrogens with zero attached hydrogens (tertiary/aromatic N) is 6. The van der Waals surface area contributed by atoms with Gasteiger partial charge in [-0.1, -0.05) is 63.9 Å². The van der Waals surface area contributed by atoms with Crippen molar-refractivity contribution in [2.24, 2.45) is 0 Å². The number of allylic oxidation sites excluding steroid dienone is 1. The number of carbonyl (C=O) groups excluding carboxylic acids is 2. The number of benzene rings is 4. The Bertz CT molecular complexity index is 2770. The van der Waals surface area contributed by atoms with Crippen LogP contribution in [-0.2, 0) is 9.59 Å². The smallest absolute Gasteiger partial charge is 0.266 e. The third-order valence-corrected chi connectivity index (χ3v) is 11.4. The Morgan fingerprint density at radius 2 is 1.14 bits per heavy atom. The zero-order chi connectivity index (χ0) is 41.7. The lowest BCUT2D eigenvalue weighted by Gasteiger charge is -2.33. The highest BCUT2D eigenvalue weighted by molar-refractivity contribution is 6.30. The van der Waals surface area contributed by atoms with Crippen molar-refractivity contribution in [2.75, 3.05) is 22.9 Å². The van der Waals surface area contributed by atoms with E-state index < -0.39 is 0 Å². The van der Waals surface area contributed by atoms with E-state index in [0.717, 1.165) is 45.9 Å². The van der Waals surface area contributed by atoms with E-state index in [9.17, 15) is 19.2 Å². The van der Waals surface area contributed by atoms with E-state index in [1.165, 1.54) is 0 Å². The molecule has 0 saturated heterocycles. The quantitative estimate of drug-likeness (QED) is 0.175.